The molecule has 0 amide bonds. The fourth-order valence-corrected chi connectivity index (χ4v) is 1.77. The van der Waals surface area contributed by atoms with Crippen molar-refractivity contribution in [2.24, 2.45) is 5.92 Å². The van der Waals surface area contributed by atoms with E-state index in [1.165, 1.54) is 0 Å². The first kappa shape index (κ1) is 12.4. The predicted octanol–water partition coefficient (Wildman–Crippen LogP) is 2.58. The summed E-state index contributed by atoms with van der Waals surface area (Å²) in [6, 6.07) is 7.57. The van der Waals surface area contributed by atoms with Crippen LogP contribution in [0.5, 0.6) is 0 Å². The van der Waals surface area contributed by atoms with E-state index >= 15 is 0 Å². The summed E-state index contributed by atoms with van der Waals surface area (Å²) in [6.45, 7) is 3.67. The summed E-state index contributed by atoms with van der Waals surface area (Å²) in [6.07, 6.45) is -0.567. The van der Waals surface area contributed by atoms with Gasteiger partial charge in [-0.15, -0.1) is 0 Å². The van der Waals surface area contributed by atoms with Gasteiger partial charge in [0, 0.05) is 10.9 Å². The zero-order valence-corrected chi connectivity index (χ0v) is 10.5. The molecular weight excluding hydrogens is 256 g/mol. The zero-order chi connectivity index (χ0) is 11.4. The van der Waals surface area contributed by atoms with Crippen molar-refractivity contribution in [2.45, 2.75) is 26.4 Å². The smallest absolute Gasteiger partial charge is 0.165 e. The molecule has 1 aromatic rings. The number of ketones is 1. The zero-order valence-electron chi connectivity index (χ0n) is 8.90. The van der Waals surface area contributed by atoms with Crippen LogP contribution >= 0.6 is 15.9 Å². The number of carbonyl (C=O) groups is 1. The van der Waals surface area contributed by atoms with Crippen LogP contribution in [0.2, 0.25) is 0 Å². The van der Waals surface area contributed by atoms with Gasteiger partial charge in [0.25, 0.3) is 0 Å². The molecule has 0 aliphatic rings. The van der Waals surface area contributed by atoms with Crippen LogP contribution in [0, 0.1) is 5.92 Å². The van der Waals surface area contributed by atoms with Crippen molar-refractivity contribution in [1.29, 1.82) is 0 Å². The van der Waals surface area contributed by atoms with Crippen molar-refractivity contribution in [3.63, 3.8) is 0 Å². The molecule has 1 aromatic carbocycles. The molecule has 2 nitrogen and oxygen atoms in total. The van der Waals surface area contributed by atoms with Gasteiger partial charge >= 0.3 is 0 Å². The molecule has 0 heterocycles. The molecule has 0 saturated heterocycles. The second-order valence-electron chi connectivity index (χ2n) is 3.96. The van der Waals surface area contributed by atoms with Crippen LogP contribution in [0.15, 0.2) is 28.7 Å². The average molecular weight is 271 g/mol. The second-order valence-corrected chi connectivity index (χ2v) is 4.88. The van der Waals surface area contributed by atoms with E-state index in [1.807, 2.05) is 38.1 Å². The quantitative estimate of drug-likeness (QED) is 0.913. The van der Waals surface area contributed by atoms with Gasteiger partial charge in [-0.2, -0.15) is 0 Å². The first-order valence-electron chi connectivity index (χ1n) is 4.96. The van der Waals surface area contributed by atoms with Crippen LogP contribution in [0.3, 0.4) is 0 Å². The first-order chi connectivity index (χ1) is 7.00. The van der Waals surface area contributed by atoms with E-state index < -0.39 is 6.10 Å². The van der Waals surface area contributed by atoms with Crippen molar-refractivity contribution in [2.75, 3.05) is 0 Å². The number of benzene rings is 1. The van der Waals surface area contributed by atoms with Crippen LogP contribution in [0.4, 0.5) is 0 Å². The van der Waals surface area contributed by atoms with E-state index in [0.717, 1.165) is 10.0 Å². The number of rotatable bonds is 4. The SMILES string of the molecule is CC(C)C(O)C(=O)Cc1cccc(Br)c1. The summed E-state index contributed by atoms with van der Waals surface area (Å²) in [7, 11) is 0. The molecule has 0 bridgehead atoms. The summed E-state index contributed by atoms with van der Waals surface area (Å²) < 4.78 is 0.951. The van der Waals surface area contributed by atoms with Crippen LogP contribution in [-0.2, 0) is 11.2 Å². The molecule has 1 N–H and O–H groups in total. The molecule has 0 radical (unpaired) electrons. The highest BCUT2D eigenvalue weighted by atomic mass is 79.9. The van der Waals surface area contributed by atoms with Gasteiger partial charge in [0.2, 0.25) is 0 Å². The van der Waals surface area contributed by atoms with Crippen LogP contribution in [-0.4, -0.2) is 17.0 Å². The van der Waals surface area contributed by atoms with Gasteiger partial charge in [-0.25, -0.2) is 0 Å². The Kier molecular flexibility index (Phi) is 4.48. The third-order valence-corrected chi connectivity index (χ3v) is 2.72. The number of aliphatic hydroxyl groups is 1. The van der Waals surface area contributed by atoms with Crippen molar-refractivity contribution < 1.29 is 9.90 Å². The first-order valence-corrected chi connectivity index (χ1v) is 5.75. The Morgan fingerprint density at radius 1 is 1.47 bits per heavy atom. The van der Waals surface area contributed by atoms with Crippen LogP contribution in [0.25, 0.3) is 0 Å². The molecule has 1 unspecified atom stereocenters. The van der Waals surface area contributed by atoms with Crippen LogP contribution in [0.1, 0.15) is 19.4 Å². The number of hydrogen-bond acceptors (Lipinski definition) is 2. The fraction of sp³-hybridized carbons (Fsp3) is 0.417. The third kappa shape index (κ3) is 3.76. The van der Waals surface area contributed by atoms with E-state index in [1.54, 1.807) is 0 Å². The lowest BCUT2D eigenvalue weighted by atomic mass is 9.98. The summed E-state index contributed by atoms with van der Waals surface area (Å²) in [5.41, 5.74) is 0.925. The minimum Gasteiger partial charge on any atom is -0.385 e. The lowest BCUT2D eigenvalue weighted by molar-refractivity contribution is -0.128. The predicted molar refractivity (Wildman–Crippen MR) is 63.7 cm³/mol. The summed E-state index contributed by atoms with van der Waals surface area (Å²) in [5, 5.41) is 9.56. The molecule has 0 aromatic heterocycles. The Labute approximate surface area is 98.4 Å². The summed E-state index contributed by atoms with van der Waals surface area (Å²) >= 11 is 3.34. The molecule has 3 heteroatoms. The van der Waals surface area contributed by atoms with Gasteiger partial charge in [0.1, 0.15) is 6.10 Å². The molecule has 1 atom stereocenters. The highest BCUT2D eigenvalue weighted by Crippen LogP contribution is 2.14. The molecule has 1 rings (SSSR count). The molecule has 15 heavy (non-hydrogen) atoms. The highest BCUT2D eigenvalue weighted by Gasteiger charge is 2.18. The highest BCUT2D eigenvalue weighted by molar-refractivity contribution is 9.10. The number of halogens is 1. The van der Waals surface area contributed by atoms with Crippen molar-refractivity contribution in [1.82, 2.24) is 0 Å². The van der Waals surface area contributed by atoms with E-state index in [2.05, 4.69) is 15.9 Å². The number of hydrogen-bond donors (Lipinski definition) is 1. The summed E-state index contributed by atoms with van der Waals surface area (Å²) in [5.74, 6) is -0.146. The minimum absolute atomic E-state index is 0.0235. The molecule has 0 aliphatic carbocycles. The average Bonchev–Trinajstić information content (AvgIpc) is 2.16. The maximum Gasteiger partial charge on any atom is 0.165 e. The van der Waals surface area contributed by atoms with E-state index in [4.69, 9.17) is 0 Å². The van der Waals surface area contributed by atoms with Gasteiger partial charge in [0.05, 0.1) is 0 Å². The van der Waals surface area contributed by atoms with Crippen molar-refractivity contribution in [3.8, 4) is 0 Å². The van der Waals surface area contributed by atoms with Crippen LogP contribution < -0.4 is 0 Å². The van der Waals surface area contributed by atoms with Gasteiger partial charge in [-0.1, -0.05) is 41.9 Å². The van der Waals surface area contributed by atoms with Crippen molar-refractivity contribution in [3.05, 3.63) is 34.3 Å². The Hall–Kier alpha value is -0.670. The lowest BCUT2D eigenvalue weighted by Gasteiger charge is -2.12. The van der Waals surface area contributed by atoms with Gasteiger partial charge < -0.3 is 5.11 Å². The van der Waals surface area contributed by atoms with E-state index in [-0.39, 0.29) is 11.7 Å². The fourth-order valence-electron chi connectivity index (χ4n) is 1.32. The topological polar surface area (TPSA) is 37.3 Å². The maximum atomic E-state index is 11.6. The van der Waals surface area contributed by atoms with Gasteiger partial charge in [-0.3, -0.25) is 4.79 Å². The van der Waals surface area contributed by atoms with Gasteiger partial charge in [-0.05, 0) is 23.6 Å². The number of carbonyl (C=O) groups excluding carboxylic acids is 1. The Morgan fingerprint density at radius 3 is 2.67 bits per heavy atom. The van der Waals surface area contributed by atoms with E-state index in [9.17, 15) is 9.90 Å². The minimum atomic E-state index is -0.857. The third-order valence-electron chi connectivity index (χ3n) is 2.23. The molecule has 82 valence electrons. The molecular formula is C12H15BrO2. The maximum absolute atomic E-state index is 11.6. The normalized spacial score (nSPS) is 12.9. The Morgan fingerprint density at radius 2 is 2.13 bits per heavy atom. The largest absolute Gasteiger partial charge is 0.385 e. The Bertz CT molecular complexity index is 347. The molecule has 0 saturated carbocycles. The lowest BCUT2D eigenvalue weighted by Crippen LogP contribution is -2.27. The van der Waals surface area contributed by atoms with Crippen molar-refractivity contribution >= 4 is 21.7 Å². The van der Waals surface area contributed by atoms with E-state index in [0.29, 0.717) is 6.42 Å². The summed E-state index contributed by atoms with van der Waals surface area (Å²) in [4.78, 5) is 11.6. The molecule has 0 aliphatic heterocycles. The number of Topliss-reactive ketones (excluding diaryl/α,β-unsaturated/α-hetero) is 1. The Balaban J connectivity index is 2.66. The monoisotopic (exact) mass is 270 g/mol. The molecule has 0 spiro atoms. The number of aliphatic hydroxyl groups excluding tert-OH is 1. The standard InChI is InChI=1S/C12H15BrO2/c1-8(2)12(15)11(14)7-9-4-3-5-10(13)6-9/h3-6,8,12,15H,7H2,1-2H3. The molecule has 0 fully saturated rings. The second kappa shape index (κ2) is 5.42. The van der Waals surface area contributed by atoms with Gasteiger partial charge in [0.15, 0.2) is 5.78 Å².